The third kappa shape index (κ3) is 2.49. The second kappa shape index (κ2) is 4.28. The van der Waals surface area contributed by atoms with Gasteiger partial charge < -0.3 is 0 Å². The predicted molar refractivity (Wildman–Crippen MR) is 58.1 cm³/mol. The van der Waals surface area contributed by atoms with Crippen LogP contribution in [0.5, 0.6) is 0 Å². The van der Waals surface area contributed by atoms with Gasteiger partial charge in [-0.15, -0.1) is 11.3 Å². The SMILES string of the molecule is Cc1nc(CC(C)C)sc1CS. The Morgan fingerprint density at radius 3 is 2.58 bits per heavy atom. The van der Waals surface area contributed by atoms with Crippen molar-refractivity contribution in [2.45, 2.75) is 32.9 Å². The largest absolute Gasteiger partial charge is 0.246 e. The maximum absolute atomic E-state index is 4.49. The molecule has 0 saturated heterocycles. The summed E-state index contributed by atoms with van der Waals surface area (Å²) in [5.41, 5.74) is 1.16. The minimum absolute atomic E-state index is 0.698. The second-order valence-electron chi connectivity index (χ2n) is 3.37. The molecule has 0 aliphatic rings. The average molecular weight is 201 g/mol. The first-order valence-corrected chi connectivity index (χ1v) is 5.64. The molecule has 1 aromatic rings. The third-order valence-electron chi connectivity index (χ3n) is 1.66. The van der Waals surface area contributed by atoms with Crippen LogP contribution in [-0.4, -0.2) is 4.98 Å². The minimum atomic E-state index is 0.698. The van der Waals surface area contributed by atoms with Gasteiger partial charge in [-0.1, -0.05) is 13.8 Å². The van der Waals surface area contributed by atoms with Crippen LogP contribution in [0.3, 0.4) is 0 Å². The molecule has 0 amide bonds. The predicted octanol–water partition coefficient (Wildman–Crippen LogP) is 3.08. The zero-order valence-electron chi connectivity index (χ0n) is 7.79. The van der Waals surface area contributed by atoms with Crippen molar-refractivity contribution in [2.24, 2.45) is 5.92 Å². The molecule has 0 fully saturated rings. The summed E-state index contributed by atoms with van der Waals surface area (Å²) in [5.74, 6) is 1.52. The van der Waals surface area contributed by atoms with Crippen LogP contribution in [0.25, 0.3) is 0 Å². The number of hydrogen-bond donors (Lipinski definition) is 1. The van der Waals surface area contributed by atoms with E-state index in [1.807, 2.05) is 0 Å². The number of aryl methyl sites for hydroxylation is 1. The van der Waals surface area contributed by atoms with Crippen LogP contribution >= 0.6 is 24.0 Å². The molecule has 3 heteroatoms. The van der Waals surface area contributed by atoms with Gasteiger partial charge >= 0.3 is 0 Å². The maximum atomic E-state index is 4.49. The van der Waals surface area contributed by atoms with Crippen molar-refractivity contribution in [1.82, 2.24) is 4.98 Å². The van der Waals surface area contributed by atoms with Gasteiger partial charge in [0.25, 0.3) is 0 Å². The fraction of sp³-hybridized carbons (Fsp3) is 0.667. The Hall–Kier alpha value is -0.0200. The van der Waals surface area contributed by atoms with Gasteiger partial charge in [0, 0.05) is 17.1 Å². The molecular weight excluding hydrogens is 186 g/mol. The maximum Gasteiger partial charge on any atom is 0.0933 e. The first kappa shape index (κ1) is 10.1. The molecule has 0 spiro atoms. The third-order valence-corrected chi connectivity index (χ3v) is 3.37. The van der Waals surface area contributed by atoms with E-state index in [-0.39, 0.29) is 0 Å². The molecule has 0 aliphatic carbocycles. The molecule has 0 atom stereocenters. The standard InChI is InChI=1S/C9H15NS2/c1-6(2)4-9-10-7(3)8(5-11)12-9/h6,11H,4-5H2,1-3H3. The molecule has 68 valence electrons. The van der Waals surface area contributed by atoms with E-state index in [0.717, 1.165) is 17.9 Å². The van der Waals surface area contributed by atoms with Gasteiger partial charge in [0.2, 0.25) is 0 Å². The summed E-state index contributed by atoms with van der Waals surface area (Å²) < 4.78 is 0. The van der Waals surface area contributed by atoms with Crippen LogP contribution in [0.2, 0.25) is 0 Å². The smallest absolute Gasteiger partial charge is 0.0933 e. The Bertz CT molecular complexity index is 253. The number of nitrogens with zero attached hydrogens (tertiary/aromatic N) is 1. The summed E-state index contributed by atoms with van der Waals surface area (Å²) in [7, 11) is 0. The van der Waals surface area contributed by atoms with Gasteiger partial charge in [-0.05, 0) is 12.8 Å². The Balaban J connectivity index is 2.75. The minimum Gasteiger partial charge on any atom is -0.246 e. The Kier molecular flexibility index (Phi) is 3.59. The van der Waals surface area contributed by atoms with Crippen LogP contribution in [0.4, 0.5) is 0 Å². The first-order chi connectivity index (χ1) is 5.63. The average Bonchev–Trinajstić information content (AvgIpc) is 2.29. The summed E-state index contributed by atoms with van der Waals surface area (Å²) in [6.45, 7) is 6.50. The van der Waals surface area contributed by atoms with Crippen molar-refractivity contribution in [3.8, 4) is 0 Å². The van der Waals surface area contributed by atoms with Crippen molar-refractivity contribution >= 4 is 24.0 Å². The lowest BCUT2D eigenvalue weighted by atomic mass is 10.1. The van der Waals surface area contributed by atoms with Crippen LogP contribution in [-0.2, 0) is 12.2 Å². The number of thiol groups is 1. The van der Waals surface area contributed by atoms with Gasteiger partial charge in [-0.25, -0.2) is 4.98 Å². The molecule has 0 bridgehead atoms. The normalized spacial score (nSPS) is 11.1. The molecule has 1 heterocycles. The van der Waals surface area contributed by atoms with E-state index in [2.05, 4.69) is 38.4 Å². The van der Waals surface area contributed by atoms with Gasteiger partial charge in [-0.2, -0.15) is 12.6 Å². The molecule has 0 radical (unpaired) electrons. The van der Waals surface area contributed by atoms with Crippen LogP contribution in [0, 0.1) is 12.8 Å². The Morgan fingerprint density at radius 2 is 2.17 bits per heavy atom. The molecule has 0 unspecified atom stereocenters. The molecule has 0 N–H and O–H groups in total. The van der Waals surface area contributed by atoms with Gasteiger partial charge in [0.15, 0.2) is 0 Å². The van der Waals surface area contributed by atoms with Crippen LogP contribution < -0.4 is 0 Å². The van der Waals surface area contributed by atoms with E-state index < -0.39 is 0 Å². The summed E-state index contributed by atoms with van der Waals surface area (Å²) in [6, 6.07) is 0. The highest BCUT2D eigenvalue weighted by atomic mass is 32.1. The van der Waals surface area contributed by atoms with Gasteiger partial charge in [0.05, 0.1) is 10.7 Å². The lowest BCUT2D eigenvalue weighted by Crippen LogP contribution is -1.92. The molecule has 0 aliphatic heterocycles. The van der Waals surface area contributed by atoms with Crippen molar-refractivity contribution in [3.05, 3.63) is 15.6 Å². The molecule has 12 heavy (non-hydrogen) atoms. The fourth-order valence-electron chi connectivity index (χ4n) is 1.07. The number of rotatable bonds is 3. The molecule has 1 aromatic heterocycles. The highest BCUT2D eigenvalue weighted by molar-refractivity contribution is 7.79. The van der Waals surface area contributed by atoms with Crippen LogP contribution in [0.15, 0.2) is 0 Å². The van der Waals surface area contributed by atoms with E-state index in [4.69, 9.17) is 0 Å². The van der Waals surface area contributed by atoms with E-state index >= 15 is 0 Å². The summed E-state index contributed by atoms with van der Waals surface area (Å²) in [4.78, 5) is 5.81. The van der Waals surface area contributed by atoms with E-state index in [0.29, 0.717) is 5.92 Å². The summed E-state index contributed by atoms with van der Waals surface area (Å²) in [5, 5.41) is 1.26. The lowest BCUT2D eigenvalue weighted by molar-refractivity contribution is 0.643. The van der Waals surface area contributed by atoms with E-state index in [1.54, 1.807) is 11.3 Å². The quantitative estimate of drug-likeness (QED) is 0.742. The van der Waals surface area contributed by atoms with E-state index in [9.17, 15) is 0 Å². The van der Waals surface area contributed by atoms with Crippen molar-refractivity contribution in [1.29, 1.82) is 0 Å². The summed E-state index contributed by atoms with van der Waals surface area (Å²) in [6.07, 6.45) is 1.10. The highest BCUT2D eigenvalue weighted by Gasteiger charge is 2.06. The zero-order valence-corrected chi connectivity index (χ0v) is 9.51. The molecule has 1 rings (SSSR count). The Labute approximate surface area is 83.6 Å². The van der Waals surface area contributed by atoms with Gasteiger partial charge in [0.1, 0.15) is 0 Å². The fourth-order valence-corrected chi connectivity index (χ4v) is 2.64. The number of aromatic nitrogens is 1. The molecule has 0 aromatic carbocycles. The van der Waals surface area contributed by atoms with Gasteiger partial charge in [-0.3, -0.25) is 0 Å². The number of thiazole rings is 1. The monoisotopic (exact) mass is 201 g/mol. The molecule has 0 saturated carbocycles. The summed E-state index contributed by atoms with van der Waals surface area (Å²) >= 11 is 6.05. The topological polar surface area (TPSA) is 12.9 Å². The zero-order chi connectivity index (χ0) is 9.14. The first-order valence-electron chi connectivity index (χ1n) is 4.19. The molecular formula is C9H15NS2. The van der Waals surface area contributed by atoms with E-state index in [1.165, 1.54) is 9.88 Å². The highest BCUT2D eigenvalue weighted by Crippen LogP contribution is 2.21. The second-order valence-corrected chi connectivity index (χ2v) is 4.86. The number of hydrogen-bond acceptors (Lipinski definition) is 3. The van der Waals surface area contributed by atoms with Crippen LogP contribution in [0.1, 0.15) is 29.4 Å². The van der Waals surface area contributed by atoms with Crippen molar-refractivity contribution in [2.75, 3.05) is 0 Å². The van der Waals surface area contributed by atoms with Crippen molar-refractivity contribution in [3.63, 3.8) is 0 Å². The Morgan fingerprint density at radius 1 is 1.50 bits per heavy atom. The van der Waals surface area contributed by atoms with Crippen molar-refractivity contribution < 1.29 is 0 Å². The lowest BCUT2D eigenvalue weighted by Gasteiger charge is -1.97. The molecule has 1 nitrogen and oxygen atoms in total.